The standard InChI is InChI=1S/C14H22O2/c1-5-15-14(16-6-2)13-9-7-8-12(10-13)11(3)4/h7-11,14H,5-6H2,1-4H3. The lowest BCUT2D eigenvalue weighted by molar-refractivity contribution is -0.140. The molecule has 0 saturated heterocycles. The van der Waals surface area contributed by atoms with E-state index in [2.05, 4.69) is 38.1 Å². The number of hydrogen-bond donors (Lipinski definition) is 0. The van der Waals surface area contributed by atoms with Crippen LogP contribution in [0.5, 0.6) is 0 Å². The predicted molar refractivity (Wildman–Crippen MR) is 66.5 cm³/mol. The Morgan fingerprint density at radius 1 is 1.00 bits per heavy atom. The maximum Gasteiger partial charge on any atom is 0.183 e. The first-order valence-corrected chi connectivity index (χ1v) is 6.02. The summed E-state index contributed by atoms with van der Waals surface area (Å²) in [6.45, 7) is 9.68. The zero-order valence-corrected chi connectivity index (χ0v) is 10.7. The predicted octanol–water partition coefficient (Wildman–Crippen LogP) is 3.88. The topological polar surface area (TPSA) is 18.5 Å². The highest BCUT2D eigenvalue weighted by molar-refractivity contribution is 5.26. The summed E-state index contributed by atoms with van der Waals surface area (Å²) in [6, 6.07) is 8.43. The molecule has 0 heterocycles. The van der Waals surface area contributed by atoms with Gasteiger partial charge in [0, 0.05) is 18.8 Å². The van der Waals surface area contributed by atoms with Crippen molar-refractivity contribution in [1.82, 2.24) is 0 Å². The monoisotopic (exact) mass is 222 g/mol. The lowest BCUT2D eigenvalue weighted by atomic mass is 10.0. The highest BCUT2D eigenvalue weighted by Gasteiger charge is 2.12. The van der Waals surface area contributed by atoms with E-state index in [9.17, 15) is 0 Å². The second-order valence-electron chi connectivity index (χ2n) is 4.07. The molecule has 0 aliphatic carbocycles. The first-order chi connectivity index (χ1) is 7.69. The van der Waals surface area contributed by atoms with Gasteiger partial charge >= 0.3 is 0 Å². The third-order valence-corrected chi connectivity index (χ3v) is 2.49. The Morgan fingerprint density at radius 2 is 1.56 bits per heavy atom. The van der Waals surface area contributed by atoms with E-state index in [1.165, 1.54) is 5.56 Å². The van der Waals surface area contributed by atoms with Crippen LogP contribution < -0.4 is 0 Å². The molecule has 0 spiro atoms. The molecule has 0 atom stereocenters. The van der Waals surface area contributed by atoms with Crippen LogP contribution in [-0.4, -0.2) is 13.2 Å². The molecule has 0 aromatic heterocycles. The van der Waals surface area contributed by atoms with Gasteiger partial charge in [0.05, 0.1) is 0 Å². The molecular formula is C14H22O2. The highest BCUT2D eigenvalue weighted by Crippen LogP contribution is 2.23. The number of ether oxygens (including phenoxy) is 2. The van der Waals surface area contributed by atoms with E-state index in [1.54, 1.807) is 0 Å². The smallest absolute Gasteiger partial charge is 0.183 e. The molecule has 0 aliphatic heterocycles. The van der Waals surface area contributed by atoms with Crippen molar-refractivity contribution in [3.05, 3.63) is 35.4 Å². The lowest BCUT2D eigenvalue weighted by Gasteiger charge is -2.18. The summed E-state index contributed by atoms with van der Waals surface area (Å²) in [6.07, 6.45) is -0.228. The second-order valence-corrected chi connectivity index (χ2v) is 4.07. The number of rotatable bonds is 6. The molecule has 2 heteroatoms. The number of hydrogen-bond acceptors (Lipinski definition) is 2. The third-order valence-electron chi connectivity index (χ3n) is 2.49. The van der Waals surface area contributed by atoms with Crippen molar-refractivity contribution >= 4 is 0 Å². The van der Waals surface area contributed by atoms with Crippen LogP contribution in [0.15, 0.2) is 24.3 Å². The van der Waals surface area contributed by atoms with Gasteiger partial charge in [-0.2, -0.15) is 0 Å². The molecule has 0 N–H and O–H groups in total. The summed E-state index contributed by atoms with van der Waals surface area (Å²) < 4.78 is 11.2. The molecule has 0 aliphatic rings. The summed E-state index contributed by atoms with van der Waals surface area (Å²) in [5.74, 6) is 0.531. The van der Waals surface area contributed by atoms with E-state index >= 15 is 0 Å². The minimum atomic E-state index is -0.228. The maximum absolute atomic E-state index is 5.58. The Bertz CT molecular complexity index is 301. The van der Waals surface area contributed by atoms with Gasteiger partial charge in [-0.15, -0.1) is 0 Å². The van der Waals surface area contributed by atoms with Crippen LogP contribution in [0, 0.1) is 0 Å². The SMILES string of the molecule is CCOC(OCC)c1cccc(C(C)C)c1. The Kier molecular flexibility index (Phi) is 5.50. The van der Waals surface area contributed by atoms with Gasteiger partial charge in [0.15, 0.2) is 6.29 Å². The first kappa shape index (κ1) is 13.2. The summed E-state index contributed by atoms with van der Waals surface area (Å²) in [7, 11) is 0. The van der Waals surface area contributed by atoms with Crippen molar-refractivity contribution in [2.24, 2.45) is 0 Å². The maximum atomic E-state index is 5.58. The molecule has 0 bridgehead atoms. The van der Waals surface area contributed by atoms with Gasteiger partial charge < -0.3 is 9.47 Å². The molecule has 0 unspecified atom stereocenters. The fourth-order valence-corrected chi connectivity index (χ4v) is 1.61. The first-order valence-electron chi connectivity index (χ1n) is 6.02. The van der Waals surface area contributed by atoms with Crippen molar-refractivity contribution in [3.63, 3.8) is 0 Å². The van der Waals surface area contributed by atoms with E-state index in [1.807, 2.05) is 13.8 Å². The summed E-state index contributed by atoms with van der Waals surface area (Å²) in [4.78, 5) is 0. The fourth-order valence-electron chi connectivity index (χ4n) is 1.61. The quantitative estimate of drug-likeness (QED) is 0.680. The molecule has 0 fully saturated rings. The summed E-state index contributed by atoms with van der Waals surface area (Å²) in [5, 5.41) is 0. The molecule has 0 amide bonds. The Morgan fingerprint density at radius 3 is 2.06 bits per heavy atom. The van der Waals surface area contributed by atoms with Crippen molar-refractivity contribution in [1.29, 1.82) is 0 Å². The van der Waals surface area contributed by atoms with Crippen LogP contribution in [0.25, 0.3) is 0 Å². The largest absolute Gasteiger partial charge is 0.349 e. The highest BCUT2D eigenvalue weighted by atomic mass is 16.7. The van der Waals surface area contributed by atoms with Crippen LogP contribution in [0.4, 0.5) is 0 Å². The van der Waals surface area contributed by atoms with Crippen LogP contribution in [0.1, 0.15) is 51.0 Å². The van der Waals surface area contributed by atoms with Gasteiger partial charge in [0.25, 0.3) is 0 Å². The van der Waals surface area contributed by atoms with Gasteiger partial charge in [0.2, 0.25) is 0 Å². The van der Waals surface area contributed by atoms with Crippen LogP contribution >= 0.6 is 0 Å². The third kappa shape index (κ3) is 3.62. The fraction of sp³-hybridized carbons (Fsp3) is 0.571. The van der Waals surface area contributed by atoms with E-state index in [4.69, 9.17) is 9.47 Å². The second kappa shape index (κ2) is 6.66. The molecule has 90 valence electrons. The zero-order chi connectivity index (χ0) is 12.0. The molecular weight excluding hydrogens is 200 g/mol. The van der Waals surface area contributed by atoms with Gasteiger partial charge in [-0.3, -0.25) is 0 Å². The minimum Gasteiger partial charge on any atom is -0.349 e. The summed E-state index contributed by atoms with van der Waals surface area (Å²) in [5.41, 5.74) is 2.43. The minimum absolute atomic E-state index is 0.228. The Balaban J connectivity index is 2.86. The van der Waals surface area contributed by atoms with E-state index in [-0.39, 0.29) is 6.29 Å². The molecule has 1 aromatic carbocycles. The van der Waals surface area contributed by atoms with Gasteiger partial charge in [-0.1, -0.05) is 38.1 Å². The molecule has 2 nitrogen and oxygen atoms in total. The average molecular weight is 222 g/mol. The van der Waals surface area contributed by atoms with Crippen molar-refractivity contribution in [2.75, 3.05) is 13.2 Å². The summed E-state index contributed by atoms with van der Waals surface area (Å²) >= 11 is 0. The molecule has 1 rings (SSSR count). The molecule has 0 radical (unpaired) electrons. The Hall–Kier alpha value is -0.860. The van der Waals surface area contributed by atoms with Crippen LogP contribution in [-0.2, 0) is 9.47 Å². The van der Waals surface area contributed by atoms with Gasteiger partial charge in [-0.05, 0) is 25.3 Å². The normalized spacial score (nSPS) is 11.4. The van der Waals surface area contributed by atoms with E-state index < -0.39 is 0 Å². The van der Waals surface area contributed by atoms with Crippen LogP contribution in [0.2, 0.25) is 0 Å². The van der Waals surface area contributed by atoms with Crippen molar-refractivity contribution in [3.8, 4) is 0 Å². The Labute approximate surface area is 98.6 Å². The molecule has 0 saturated carbocycles. The van der Waals surface area contributed by atoms with Crippen molar-refractivity contribution < 1.29 is 9.47 Å². The molecule has 16 heavy (non-hydrogen) atoms. The van der Waals surface area contributed by atoms with E-state index in [0.717, 1.165) is 5.56 Å². The van der Waals surface area contributed by atoms with Gasteiger partial charge in [0.1, 0.15) is 0 Å². The van der Waals surface area contributed by atoms with Gasteiger partial charge in [-0.25, -0.2) is 0 Å². The molecule has 1 aromatic rings. The number of benzene rings is 1. The van der Waals surface area contributed by atoms with Crippen molar-refractivity contribution in [2.45, 2.75) is 39.9 Å². The van der Waals surface area contributed by atoms with E-state index in [0.29, 0.717) is 19.1 Å². The van der Waals surface area contributed by atoms with Crippen LogP contribution in [0.3, 0.4) is 0 Å². The lowest BCUT2D eigenvalue weighted by Crippen LogP contribution is -2.09. The average Bonchev–Trinajstić information content (AvgIpc) is 2.29. The zero-order valence-electron chi connectivity index (χ0n) is 10.7.